The Morgan fingerprint density at radius 1 is 0.857 bits per heavy atom. The number of nitrogens with one attached hydrogen (secondary N) is 1. The highest BCUT2D eigenvalue weighted by Crippen LogP contribution is 2.27. The number of anilines is 1. The normalized spacial score (nSPS) is 14.7. The van der Waals surface area contributed by atoms with E-state index in [2.05, 4.69) is 5.32 Å². The zero-order valence-corrected chi connectivity index (χ0v) is 26.0. The number of aryl methyl sites for hydroxylation is 3. The standard InChI is InChI=1S/C34H43N3O4S/c1-25-15-17-32(18-16-25)42(40,41)37(31-22-26(2)21-27(3)23-31)24-33(38)36(20-19-29-11-7-5-8-12-29)28(4)34(39)35-30-13-9-6-10-14-30/h5,7-8,11-12,15-18,21-23,28,30H,6,9-10,13-14,19-20,24H2,1-4H3,(H,35,39)/t28-/m1/s1. The summed E-state index contributed by atoms with van der Waals surface area (Å²) < 4.78 is 29.3. The number of carbonyl (C=O) groups excluding carboxylic acids is 2. The third-order valence-electron chi connectivity index (χ3n) is 7.99. The number of amides is 2. The molecule has 3 aromatic carbocycles. The Morgan fingerprint density at radius 2 is 1.48 bits per heavy atom. The largest absolute Gasteiger partial charge is 0.352 e. The molecule has 0 unspecified atom stereocenters. The molecule has 0 saturated heterocycles. The Balaban J connectivity index is 1.66. The summed E-state index contributed by atoms with van der Waals surface area (Å²) in [6.45, 7) is 7.29. The lowest BCUT2D eigenvalue weighted by atomic mass is 9.95. The van der Waals surface area contributed by atoms with Crippen LogP contribution >= 0.6 is 0 Å². The van der Waals surface area contributed by atoms with Crippen LogP contribution in [0.1, 0.15) is 61.3 Å². The van der Waals surface area contributed by atoms with Gasteiger partial charge in [-0.3, -0.25) is 13.9 Å². The van der Waals surface area contributed by atoms with Gasteiger partial charge in [-0.25, -0.2) is 8.42 Å². The summed E-state index contributed by atoms with van der Waals surface area (Å²) in [6, 6.07) is 21.3. The summed E-state index contributed by atoms with van der Waals surface area (Å²) in [7, 11) is -4.08. The van der Waals surface area contributed by atoms with E-state index in [9.17, 15) is 18.0 Å². The third kappa shape index (κ3) is 8.00. The average molecular weight is 590 g/mol. The Kier molecular flexibility index (Phi) is 10.4. The van der Waals surface area contributed by atoms with Crippen LogP contribution in [0.25, 0.3) is 0 Å². The predicted molar refractivity (Wildman–Crippen MR) is 168 cm³/mol. The number of hydrogen-bond donors (Lipinski definition) is 1. The second-order valence-electron chi connectivity index (χ2n) is 11.5. The second-order valence-corrected chi connectivity index (χ2v) is 13.4. The summed E-state index contributed by atoms with van der Waals surface area (Å²) in [5.41, 5.74) is 4.18. The van der Waals surface area contributed by atoms with Crippen molar-refractivity contribution >= 4 is 27.5 Å². The molecule has 2 amide bonds. The number of carbonyl (C=O) groups is 2. The van der Waals surface area contributed by atoms with Gasteiger partial charge in [0.25, 0.3) is 10.0 Å². The van der Waals surface area contributed by atoms with Crippen molar-refractivity contribution < 1.29 is 18.0 Å². The molecule has 1 saturated carbocycles. The van der Waals surface area contributed by atoms with Gasteiger partial charge in [-0.2, -0.15) is 0 Å². The van der Waals surface area contributed by atoms with Crippen LogP contribution in [0.4, 0.5) is 5.69 Å². The number of benzene rings is 3. The van der Waals surface area contributed by atoms with Crippen molar-refractivity contribution in [1.82, 2.24) is 10.2 Å². The second kappa shape index (κ2) is 14.0. The lowest BCUT2D eigenvalue weighted by Gasteiger charge is -2.33. The van der Waals surface area contributed by atoms with E-state index < -0.39 is 28.5 Å². The Hall–Kier alpha value is -3.65. The summed E-state index contributed by atoms with van der Waals surface area (Å²) >= 11 is 0. The minimum atomic E-state index is -4.08. The first-order valence-corrected chi connectivity index (χ1v) is 16.3. The quantitative estimate of drug-likeness (QED) is 0.310. The highest BCUT2D eigenvalue weighted by molar-refractivity contribution is 7.92. The SMILES string of the molecule is Cc1ccc(S(=O)(=O)N(CC(=O)N(CCc2ccccc2)[C@H](C)C(=O)NC2CCCCC2)c2cc(C)cc(C)c2)cc1. The Labute approximate surface area is 251 Å². The maximum atomic E-state index is 14.1. The molecule has 224 valence electrons. The van der Waals surface area contributed by atoms with Gasteiger partial charge in [0.1, 0.15) is 12.6 Å². The van der Waals surface area contributed by atoms with Gasteiger partial charge in [0.15, 0.2) is 0 Å². The molecule has 0 heterocycles. The van der Waals surface area contributed by atoms with Crippen LogP contribution in [0, 0.1) is 20.8 Å². The molecule has 3 aromatic rings. The van der Waals surface area contributed by atoms with Gasteiger partial charge in [0.2, 0.25) is 11.8 Å². The van der Waals surface area contributed by atoms with Gasteiger partial charge in [-0.1, -0.05) is 73.4 Å². The molecule has 7 nitrogen and oxygen atoms in total. The molecule has 0 aromatic heterocycles. The van der Waals surface area contributed by atoms with E-state index in [1.807, 2.05) is 57.2 Å². The Morgan fingerprint density at radius 3 is 2.10 bits per heavy atom. The first kappa shape index (κ1) is 31.3. The van der Waals surface area contributed by atoms with Gasteiger partial charge in [0, 0.05) is 12.6 Å². The molecule has 4 rings (SSSR count). The summed E-state index contributed by atoms with van der Waals surface area (Å²) in [5.74, 6) is -0.630. The molecule has 8 heteroatoms. The highest BCUT2D eigenvalue weighted by Gasteiger charge is 2.33. The maximum absolute atomic E-state index is 14.1. The summed E-state index contributed by atoms with van der Waals surface area (Å²) in [6.07, 6.45) is 5.75. The van der Waals surface area contributed by atoms with E-state index in [4.69, 9.17) is 0 Å². The summed E-state index contributed by atoms with van der Waals surface area (Å²) in [5, 5.41) is 3.15. The zero-order chi connectivity index (χ0) is 30.3. The first-order chi connectivity index (χ1) is 20.0. The monoisotopic (exact) mass is 589 g/mol. The van der Waals surface area contributed by atoms with Gasteiger partial charge in [-0.05, 0) is 87.9 Å². The molecule has 1 aliphatic carbocycles. The van der Waals surface area contributed by atoms with Crippen molar-refractivity contribution in [2.45, 2.75) is 83.2 Å². The van der Waals surface area contributed by atoms with E-state index in [-0.39, 0.29) is 23.4 Å². The first-order valence-electron chi connectivity index (χ1n) is 14.9. The fourth-order valence-corrected chi connectivity index (χ4v) is 7.00. The zero-order valence-electron chi connectivity index (χ0n) is 25.2. The summed E-state index contributed by atoms with van der Waals surface area (Å²) in [4.78, 5) is 29.2. The maximum Gasteiger partial charge on any atom is 0.264 e. The fraction of sp³-hybridized carbons (Fsp3) is 0.412. The van der Waals surface area contributed by atoms with Crippen LogP contribution in [0.3, 0.4) is 0 Å². The Bertz CT molecular complexity index is 1450. The van der Waals surface area contributed by atoms with Crippen molar-refractivity contribution in [3.63, 3.8) is 0 Å². The third-order valence-corrected chi connectivity index (χ3v) is 9.77. The number of sulfonamides is 1. The molecule has 42 heavy (non-hydrogen) atoms. The lowest BCUT2D eigenvalue weighted by Crippen LogP contribution is -2.53. The molecular formula is C34H43N3O4S. The molecule has 0 aliphatic heterocycles. The van der Waals surface area contributed by atoms with E-state index in [1.54, 1.807) is 43.3 Å². The van der Waals surface area contributed by atoms with Crippen molar-refractivity contribution in [3.8, 4) is 0 Å². The number of hydrogen-bond acceptors (Lipinski definition) is 4. The van der Waals surface area contributed by atoms with Crippen LogP contribution in [0.2, 0.25) is 0 Å². The van der Waals surface area contributed by atoms with Crippen LogP contribution < -0.4 is 9.62 Å². The van der Waals surface area contributed by atoms with E-state index in [0.29, 0.717) is 12.1 Å². The van der Waals surface area contributed by atoms with E-state index in [1.165, 1.54) is 15.6 Å². The fourth-order valence-electron chi connectivity index (χ4n) is 5.60. The van der Waals surface area contributed by atoms with Crippen molar-refractivity contribution in [1.29, 1.82) is 0 Å². The number of rotatable bonds is 11. The lowest BCUT2D eigenvalue weighted by molar-refractivity contribution is -0.139. The smallest absolute Gasteiger partial charge is 0.264 e. The topological polar surface area (TPSA) is 86.8 Å². The van der Waals surface area contributed by atoms with Crippen LogP contribution in [0.5, 0.6) is 0 Å². The van der Waals surface area contributed by atoms with Crippen LogP contribution in [-0.2, 0) is 26.0 Å². The van der Waals surface area contributed by atoms with Crippen LogP contribution in [-0.4, -0.2) is 50.3 Å². The van der Waals surface area contributed by atoms with Crippen LogP contribution in [0.15, 0.2) is 77.7 Å². The molecule has 0 bridgehead atoms. The molecule has 0 spiro atoms. The molecule has 1 atom stereocenters. The molecule has 1 N–H and O–H groups in total. The van der Waals surface area contributed by atoms with Gasteiger partial charge >= 0.3 is 0 Å². The molecule has 1 fully saturated rings. The van der Waals surface area contributed by atoms with E-state index in [0.717, 1.165) is 47.9 Å². The van der Waals surface area contributed by atoms with Crippen molar-refractivity contribution in [2.24, 2.45) is 0 Å². The molecule has 1 aliphatic rings. The van der Waals surface area contributed by atoms with Crippen molar-refractivity contribution in [2.75, 3.05) is 17.4 Å². The predicted octanol–water partition coefficient (Wildman–Crippen LogP) is 5.72. The van der Waals surface area contributed by atoms with Gasteiger partial charge in [0.05, 0.1) is 10.6 Å². The van der Waals surface area contributed by atoms with E-state index >= 15 is 0 Å². The molecular weight excluding hydrogens is 546 g/mol. The highest BCUT2D eigenvalue weighted by atomic mass is 32.2. The minimum absolute atomic E-state index is 0.105. The van der Waals surface area contributed by atoms with Crippen molar-refractivity contribution in [3.05, 3.63) is 95.1 Å². The minimum Gasteiger partial charge on any atom is -0.352 e. The number of nitrogens with zero attached hydrogens (tertiary/aromatic N) is 2. The average Bonchev–Trinajstić information content (AvgIpc) is 2.96. The van der Waals surface area contributed by atoms with Gasteiger partial charge < -0.3 is 10.2 Å². The molecule has 0 radical (unpaired) electrons. The van der Waals surface area contributed by atoms with Gasteiger partial charge in [-0.15, -0.1) is 0 Å².